The fraction of sp³-hybridized carbons (Fsp3) is 0.533. The van der Waals surface area contributed by atoms with Crippen LogP contribution in [0.4, 0.5) is 4.79 Å². The maximum absolute atomic E-state index is 12.1. The molecule has 5 heteroatoms. The maximum atomic E-state index is 12.1. The molecule has 0 aliphatic carbocycles. The molecule has 0 aromatic heterocycles. The van der Waals surface area contributed by atoms with Crippen molar-refractivity contribution in [1.29, 1.82) is 0 Å². The van der Waals surface area contributed by atoms with Gasteiger partial charge in [0.2, 0.25) is 0 Å². The molecular weight excluding hydrogens is 256 g/mol. The highest BCUT2D eigenvalue weighted by Gasteiger charge is 2.31. The van der Waals surface area contributed by atoms with Crippen molar-refractivity contribution < 1.29 is 14.3 Å². The first-order valence-electron chi connectivity index (χ1n) is 7.16. The summed E-state index contributed by atoms with van der Waals surface area (Å²) in [7, 11) is 0. The van der Waals surface area contributed by atoms with Gasteiger partial charge in [0.15, 0.2) is 0 Å². The van der Waals surface area contributed by atoms with E-state index in [4.69, 9.17) is 9.47 Å². The Morgan fingerprint density at radius 3 is 2.65 bits per heavy atom. The second-order valence-corrected chi connectivity index (χ2v) is 5.22. The van der Waals surface area contributed by atoms with E-state index in [0.717, 1.165) is 45.8 Å². The van der Waals surface area contributed by atoms with Crippen LogP contribution >= 0.6 is 0 Å². The normalized spacial score (nSPS) is 23.8. The SMILES string of the molecule is O=C(Oc1ccccc1)N1CCC(N2CCOCC2)C1. The van der Waals surface area contributed by atoms with Crippen LogP contribution < -0.4 is 4.74 Å². The highest BCUT2D eigenvalue weighted by molar-refractivity contribution is 5.71. The lowest BCUT2D eigenvalue weighted by Gasteiger charge is -2.31. The lowest BCUT2D eigenvalue weighted by Crippen LogP contribution is -2.45. The summed E-state index contributed by atoms with van der Waals surface area (Å²) in [5.41, 5.74) is 0. The average molecular weight is 276 g/mol. The average Bonchev–Trinajstić information content (AvgIpc) is 2.99. The monoisotopic (exact) mass is 276 g/mol. The summed E-state index contributed by atoms with van der Waals surface area (Å²) in [5.74, 6) is 0.604. The molecule has 1 unspecified atom stereocenters. The molecule has 2 heterocycles. The molecule has 0 saturated carbocycles. The highest BCUT2D eigenvalue weighted by Crippen LogP contribution is 2.19. The molecule has 0 bridgehead atoms. The Bertz CT molecular complexity index is 446. The summed E-state index contributed by atoms with van der Waals surface area (Å²) >= 11 is 0. The predicted molar refractivity (Wildman–Crippen MR) is 74.8 cm³/mol. The van der Waals surface area contributed by atoms with Crippen molar-refractivity contribution >= 4 is 6.09 Å². The van der Waals surface area contributed by atoms with Gasteiger partial charge in [0.25, 0.3) is 0 Å². The Balaban J connectivity index is 1.52. The number of benzene rings is 1. The Kier molecular flexibility index (Phi) is 4.18. The van der Waals surface area contributed by atoms with Crippen LogP contribution in [0.3, 0.4) is 0 Å². The lowest BCUT2D eigenvalue weighted by molar-refractivity contribution is 0.0188. The predicted octanol–water partition coefficient (Wildman–Crippen LogP) is 1.59. The van der Waals surface area contributed by atoms with Crippen LogP contribution in [0.2, 0.25) is 0 Å². The molecule has 2 aliphatic rings. The summed E-state index contributed by atoms with van der Waals surface area (Å²) in [6.45, 7) is 5.05. The quantitative estimate of drug-likeness (QED) is 0.822. The van der Waals surface area contributed by atoms with Gasteiger partial charge in [-0.3, -0.25) is 4.90 Å². The Morgan fingerprint density at radius 1 is 1.15 bits per heavy atom. The van der Waals surface area contributed by atoms with E-state index in [2.05, 4.69) is 4.90 Å². The molecule has 1 aromatic carbocycles. The van der Waals surface area contributed by atoms with Crippen molar-refractivity contribution in [2.75, 3.05) is 39.4 Å². The molecule has 2 saturated heterocycles. The van der Waals surface area contributed by atoms with Crippen LogP contribution in [0.15, 0.2) is 30.3 Å². The van der Waals surface area contributed by atoms with E-state index in [-0.39, 0.29) is 6.09 Å². The number of hydrogen-bond acceptors (Lipinski definition) is 4. The summed E-state index contributed by atoms with van der Waals surface area (Å²) in [5, 5.41) is 0. The molecule has 0 radical (unpaired) electrons. The fourth-order valence-corrected chi connectivity index (χ4v) is 2.80. The highest BCUT2D eigenvalue weighted by atomic mass is 16.6. The molecule has 3 rings (SSSR count). The number of amides is 1. The zero-order valence-corrected chi connectivity index (χ0v) is 11.5. The summed E-state index contributed by atoms with van der Waals surface area (Å²) in [6, 6.07) is 9.68. The van der Waals surface area contributed by atoms with Crippen molar-refractivity contribution in [1.82, 2.24) is 9.80 Å². The van der Waals surface area contributed by atoms with Crippen molar-refractivity contribution in [2.45, 2.75) is 12.5 Å². The van der Waals surface area contributed by atoms with Gasteiger partial charge >= 0.3 is 6.09 Å². The summed E-state index contributed by atoms with van der Waals surface area (Å²) in [6.07, 6.45) is 0.774. The minimum absolute atomic E-state index is 0.244. The van der Waals surface area contributed by atoms with Gasteiger partial charge in [0.1, 0.15) is 5.75 Å². The lowest BCUT2D eigenvalue weighted by atomic mass is 10.2. The number of likely N-dealkylation sites (tertiary alicyclic amines) is 1. The second kappa shape index (κ2) is 6.24. The Morgan fingerprint density at radius 2 is 1.90 bits per heavy atom. The standard InChI is InChI=1S/C15H20N2O3/c18-15(20-14-4-2-1-3-5-14)17-7-6-13(12-17)16-8-10-19-11-9-16/h1-5,13H,6-12H2. The fourth-order valence-electron chi connectivity index (χ4n) is 2.80. The number of hydrogen-bond donors (Lipinski definition) is 0. The number of carbonyl (C=O) groups excluding carboxylic acids is 1. The molecule has 20 heavy (non-hydrogen) atoms. The van der Waals surface area contributed by atoms with Gasteiger partial charge in [0, 0.05) is 32.2 Å². The molecule has 108 valence electrons. The summed E-state index contributed by atoms with van der Waals surface area (Å²) < 4.78 is 10.7. The van der Waals surface area contributed by atoms with Gasteiger partial charge in [-0.05, 0) is 18.6 Å². The minimum Gasteiger partial charge on any atom is -0.410 e. The van der Waals surface area contributed by atoms with Crippen LogP contribution in [-0.2, 0) is 4.74 Å². The van der Waals surface area contributed by atoms with E-state index in [1.54, 1.807) is 17.0 Å². The Labute approximate surface area is 119 Å². The van der Waals surface area contributed by atoms with Crippen LogP contribution in [0.25, 0.3) is 0 Å². The van der Waals surface area contributed by atoms with Gasteiger partial charge < -0.3 is 14.4 Å². The number of carbonyl (C=O) groups is 1. The summed E-state index contributed by atoms with van der Waals surface area (Å²) in [4.78, 5) is 16.3. The third-order valence-corrected chi connectivity index (χ3v) is 3.93. The van der Waals surface area contributed by atoms with Crippen molar-refractivity contribution in [3.63, 3.8) is 0 Å². The largest absolute Gasteiger partial charge is 0.415 e. The molecule has 0 spiro atoms. The molecule has 0 N–H and O–H groups in total. The zero-order chi connectivity index (χ0) is 13.8. The van der Waals surface area contributed by atoms with Crippen molar-refractivity contribution in [2.24, 2.45) is 0 Å². The first-order chi connectivity index (χ1) is 9.83. The molecule has 5 nitrogen and oxygen atoms in total. The van der Waals surface area contributed by atoms with Crippen LogP contribution in [0.1, 0.15) is 6.42 Å². The maximum Gasteiger partial charge on any atom is 0.415 e. The second-order valence-electron chi connectivity index (χ2n) is 5.22. The molecule has 1 amide bonds. The van der Waals surface area contributed by atoms with E-state index in [1.165, 1.54) is 0 Å². The van der Waals surface area contributed by atoms with E-state index in [0.29, 0.717) is 11.8 Å². The molecule has 2 aliphatic heterocycles. The van der Waals surface area contributed by atoms with Crippen molar-refractivity contribution in [3.05, 3.63) is 30.3 Å². The number of ether oxygens (including phenoxy) is 2. The first-order valence-corrected chi connectivity index (χ1v) is 7.16. The van der Waals surface area contributed by atoms with E-state index >= 15 is 0 Å². The van der Waals surface area contributed by atoms with Gasteiger partial charge in [-0.15, -0.1) is 0 Å². The van der Waals surface area contributed by atoms with Crippen LogP contribution in [0.5, 0.6) is 5.75 Å². The molecule has 2 fully saturated rings. The van der Waals surface area contributed by atoms with Gasteiger partial charge in [-0.25, -0.2) is 4.79 Å². The third-order valence-electron chi connectivity index (χ3n) is 3.93. The first kappa shape index (κ1) is 13.4. The van der Waals surface area contributed by atoms with Crippen LogP contribution in [0, 0.1) is 0 Å². The Hall–Kier alpha value is -1.59. The van der Waals surface area contributed by atoms with Crippen molar-refractivity contribution in [3.8, 4) is 5.75 Å². The van der Waals surface area contributed by atoms with Crippen LogP contribution in [-0.4, -0.2) is 61.3 Å². The van der Waals surface area contributed by atoms with Gasteiger partial charge in [0.05, 0.1) is 13.2 Å². The molecular formula is C15H20N2O3. The van der Waals surface area contributed by atoms with E-state index in [9.17, 15) is 4.79 Å². The van der Waals surface area contributed by atoms with E-state index < -0.39 is 0 Å². The van der Waals surface area contributed by atoms with E-state index in [1.807, 2.05) is 18.2 Å². The van der Waals surface area contributed by atoms with Gasteiger partial charge in [-0.1, -0.05) is 18.2 Å². The number of para-hydroxylation sites is 1. The smallest absolute Gasteiger partial charge is 0.410 e. The number of nitrogens with zero attached hydrogens (tertiary/aromatic N) is 2. The molecule has 1 aromatic rings. The third kappa shape index (κ3) is 3.11. The minimum atomic E-state index is -0.244. The topological polar surface area (TPSA) is 42.0 Å². The molecule has 1 atom stereocenters. The number of rotatable bonds is 2. The zero-order valence-electron chi connectivity index (χ0n) is 11.5. The number of morpholine rings is 1. The van der Waals surface area contributed by atoms with Gasteiger partial charge in [-0.2, -0.15) is 0 Å².